The molecule has 0 aromatic carbocycles. The molecule has 0 amide bonds. The van der Waals surface area contributed by atoms with E-state index < -0.39 is 6.10 Å². The van der Waals surface area contributed by atoms with Gasteiger partial charge in [0.15, 0.2) is 6.10 Å². The van der Waals surface area contributed by atoms with Crippen LogP contribution in [0.5, 0.6) is 0 Å². The van der Waals surface area contributed by atoms with Crippen LogP contribution in [0.1, 0.15) is 245 Å². The number of unbranched alkanes of at least 4 members (excludes halogenated alkanes) is 24. The number of allylic oxidation sites excluding steroid dienone is 12. The van der Waals surface area contributed by atoms with Crippen molar-refractivity contribution in [3.8, 4) is 0 Å². The minimum Gasteiger partial charge on any atom is -0.462 e. The van der Waals surface area contributed by atoms with Crippen LogP contribution in [0.25, 0.3) is 0 Å². The molecule has 1 unspecified atom stereocenters. The molecular weight excluding hydrogens is 769 g/mol. The average molecular weight is 865 g/mol. The fourth-order valence-electron chi connectivity index (χ4n) is 7.03. The zero-order valence-electron chi connectivity index (χ0n) is 40.6. The van der Waals surface area contributed by atoms with Crippen LogP contribution in [0, 0.1) is 0 Å². The lowest BCUT2D eigenvalue weighted by Gasteiger charge is -2.18. The number of hydrogen-bond donors (Lipinski definition) is 0. The van der Waals surface area contributed by atoms with E-state index in [9.17, 15) is 14.4 Å². The van der Waals surface area contributed by atoms with Crippen LogP contribution in [0.4, 0.5) is 0 Å². The summed E-state index contributed by atoms with van der Waals surface area (Å²) in [5.74, 6) is -0.976. The molecule has 0 rings (SSSR count). The smallest absolute Gasteiger partial charge is 0.306 e. The van der Waals surface area contributed by atoms with Gasteiger partial charge >= 0.3 is 17.9 Å². The maximum absolute atomic E-state index is 12.8. The van der Waals surface area contributed by atoms with Crippen LogP contribution in [0.15, 0.2) is 72.9 Å². The van der Waals surface area contributed by atoms with Crippen LogP contribution >= 0.6 is 0 Å². The highest BCUT2D eigenvalue weighted by Gasteiger charge is 2.19. The number of ether oxygens (including phenoxy) is 3. The van der Waals surface area contributed by atoms with Crippen LogP contribution < -0.4 is 0 Å². The Labute approximate surface area is 382 Å². The highest BCUT2D eigenvalue weighted by molar-refractivity contribution is 5.71. The van der Waals surface area contributed by atoms with E-state index in [1.54, 1.807) is 0 Å². The molecule has 0 saturated heterocycles. The fourth-order valence-corrected chi connectivity index (χ4v) is 7.03. The van der Waals surface area contributed by atoms with Crippen molar-refractivity contribution in [3.05, 3.63) is 72.9 Å². The second kappa shape index (κ2) is 50.5. The summed E-state index contributed by atoms with van der Waals surface area (Å²) in [4.78, 5) is 37.9. The van der Waals surface area contributed by atoms with Crippen molar-refractivity contribution in [2.45, 2.75) is 252 Å². The summed E-state index contributed by atoms with van der Waals surface area (Å²) in [6.07, 6.45) is 63.2. The molecule has 0 aromatic rings. The highest BCUT2D eigenvalue weighted by atomic mass is 16.6. The number of hydrogen-bond acceptors (Lipinski definition) is 6. The third kappa shape index (κ3) is 47.9. The lowest BCUT2D eigenvalue weighted by Crippen LogP contribution is -2.30. The molecule has 6 nitrogen and oxygen atoms in total. The van der Waals surface area contributed by atoms with Gasteiger partial charge in [-0.25, -0.2) is 0 Å². The van der Waals surface area contributed by atoms with Gasteiger partial charge in [-0.05, 0) is 103 Å². The fraction of sp³-hybridized carbons (Fsp3) is 0.732. The van der Waals surface area contributed by atoms with E-state index in [0.29, 0.717) is 19.3 Å². The predicted octanol–water partition coefficient (Wildman–Crippen LogP) is 17.0. The van der Waals surface area contributed by atoms with Crippen LogP contribution in [-0.2, 0) is 28.6 Å². The third-order valence-corrected chi connectivity index (χ3v) is 10.9. The lowest BCUT2D eigenvalue weighted by molar-refractivity contribution is -0.167. The van der Waals surface area contributed by atoms with E-state index in [4.69, 9.17) is 14.2 Å². The number of carbonyl (C=O) groups excluding carboxylic acids is 3. The minimum atomic E-state index is -0.805. The molecule has 0 fully saturated rings. The lowest BCUT2D eigenvalue weighted by atomic mass is 10.1. The van der Waals surface area contributed by atoms with Crippen molar-refractivity contribution >= 4 is 17.9 Å². The van der Waals surface area contributed by atoms with Gasteiger partial charge in [-0.3, -0.25) is 14.4 Å². The Morgan fingerprint density at radius 3 is 1.15 bits per heavy atom. The average Bonchev–Trinajstić information content (AvgIpc) is 3.27. The summed E-state index contributed by atoms with van der Waals surface area (Å²) in [6, 6.07) is 0. The van der Waals surface area contributed by atoms with Crippen molar-refractivity contribution in [1.29, 1.82) is 0 Å². The van der Waals surface area contributed by atoms with Crippen molar-refractivity contribution in [1.82, 2.24) is 0 Å². The van der Waals surface area contributed by atoms with Crippen LogP contribution in [0.3, 0.4) is 0 Å². The summed E-state index contributed by atoms with van der Waals surface area (Å²) < 4.78 is 16.7. The molecule has 0 aromatic heterocycles. The Kier molecular flexibility index (Phi) is 47.9. The number of esters is 3. The quantitative estimate of drug-likeness (QED) is 0.0199. The molecule has 0 spiro atoms. The van der Waals surface area contributed by atoms with Crippen LogP contribution in [-0.4, -0.2) is 37.2 Å². The van der Waals surface area contributed by atoms with Gasteiger partial charge in [0.2, 0.25) is 0 Å². The molecule has 0 aliphatic heterocycles. The molecule has 356 valence electrons. The van der Waals surface area contributed by atoms with Crippen LogP contribution in [0.2, 0.25) is 0 Å². The molecule has 62 heavy (non-hydrogen) atoms. The Balaban J connectivity index is 4.47. The van der Waals surface area contributed by atoms with Crippen molar-refractivity contribution in [3.63, 3.8) is 0 Å². The number of carbonyl (C=O) groups is 3. The molecule has 1 atom stereocenters. The summed E-state index contributed by atoms with van der Waals surface area (Å²) in [5.41, 5.74) is 0. The second-order valence-corrected chi connectivity index (χ2v) is 17.1. The maximum atomic E-state index is 12.8. The topological polar surface area (TPSA) is 78.9 Å². The van der Waals surface area contributed by atoms with Gasteiger partial charge in [-0.2, -0.15) is 0 Å². The van der Waals surface area contributed by atoms with E-state index >= 15 is 0 Å². The SMILES string of the molecule is CC/C=C\C/C=C\C/C=C\CCCCC(=O)OCC(COC(=O)CCCCC/C=C\C=C/CCCCCCCCC)OC(=O)CCCCCCC/C=C\CCCCCCCCC. The van der Waals surface area contributed by atoms with Crippen molar-refractivity contribution in [2.75, 3.05) is 13.2 Å². The first-order valence-corrected chi connectivity index (χ1v) is 26.0. The van der Waals surface area contributed by atoms with Crippen molar-refractivity contribution < 1.29 is 28.6 Å². The summed E-state index contributed by atoms with van der Waals surface area (Å²) in [5, 5.41) is 0. The zero-order valence-corrected chi connectivity index (χ0v) is 40.6. The monoisotopic (exact) mass is 865 g/mol. The van der Waals surface area contributed by atoms with E-state index in [1.165, 1.54) is 103 Å². The Hall–Kier alpha value is -3.15. The Morgan fingerprint density at radius 2 is 0.677 bits per heavy atom. The van der Waals surface area contributed by atoms with E-state index in [0.717, 1.165) is 103 Å². The van der Waals surface area contributed by atoms with Crippen molar-refractivity contribution in [2.24, 2.45) is 0 Å². The van der Waals surface area contributed by atoms with Gasteiger partial charge in [0, 0.05) is 19.3 Å². The normalized spacial score (nSPS) is 12.6. The standard InChI is InChI=1S/C56H96O6/c1-4-7-10-13-16-19-22-25-27-29-31-34-37-40-43-46-49-55(58)61-52-53(51-60-54(57)48-45-42-39-36-33-24-21-18-15-12-9-6-3)62-56(59)50-47-44-41-38-35-32-30-28-26-23-20-17-14-11-8-5-2/h9,12,18,21,27-31,33-34,36,53H,4-8,10-11,13-17,19-20,22-26,32,35,37-52H2,1-3H3/b12-9-,21-18-,29-27-,30-28-,34-31-,36-33-. The predicted molar refractivity (Wildman–Crippen MR) is 265 cm³/mol. The molecule has 0 bridgehead atoms. The maximum Gasteiger partial charge on any atom is 0.306 e. The second-order valence-electron chi connectivity index (χ2n) is 17.1. The van der Waals surface area contributed by atoms with E-state index in [2.05, 4.69) is 93.7 Å². The Morgan fingerprint density at radius 1 is 0.355 bits per heavy atom. The van der Waals surface area contributed by atoms with E-state index in [1.807, 2.05) is 0 Å². The first kappa shape index (κ1) is 58.9. The molecule has 6 heteroatoms. The Bertz CT molecular complexity index is 1180. The van der Waals surface area contributed by atoms with Gasteiger partial charge in [-0.15, -0.1) is 0 Å². The number of rotatable bonds is 46. The molecule has 0 aliphatic carbocycles. The van der Waals surface area contributed by atoms with Gasteiger partial charge in [0.25, 0.3) is 0 Å². The van der Waals surface area contributed by atoms with Gasteiger partial charge in [0.1, 0.15) is 13.2 Å². The third-order valence-electron chi connectivity index (χ3n) is 10.9. The molecule has 0 heterocycles. The van der Waals surface area contributed by atoms with Gasteiger partial charge < -0.3 is 14.2 Å². The summed E-state index contributed by atoms with van der Waals surface area (Å²) in [6.45, 7) is 6.45. The first-order chi connectivity index (χ1) is 30.5. The molecule has 0 radical (unpaired) electrons. The largest absolute Gasteiger partial charge is 0.462 e. The van der Waals surface area contributed by atoms with E-state index in [-0.39, 0.29) is 31.1 Å². The van der Waals surface area contributed by atoms with Gasteiger partial charge in [0.05, 0.1) is 0 Å². The minimum absolute atomic E-state index is 0.105. The summed E-state index contributed by atoms with van der Waals surface area (Å²) >= 11 is 0. The molecule has 0 N–H and O–H groups in total. The van der Waals surface area contributed by atoms with Gasteiger partial charge in [-0.1, -0.05) is 196 Å². The highest BCUT2D eigenvalue weighted by Crippen LogP contribution is 2.13. The molecular formula is C56H96O6. The molecule has 0 saturated carbocycles. The summed E-state index contributed by atoms with van der Waals surface area (Å²) in [7, 11) is 0. The zero-order chi connectivity index (χ0) is 45.1. The molecule has 0 aliphatic rings. The first-order valence-electron chi connectivity index (χ1n) is 26.0.